The average Bonchev–Trinajstić information content (AvgIpc) is 3.35. The fraction of sp³-hybridized carbons (Fsp3) is 0.348. The monoisotopic (exact) mass is 464 g/mol. The third kappa shape index (κ3) is 5.33. The van der Waals surface area contributed by atoms with Crippen molar-refractivity contribution in [2.24, 2.45) is 12.5 Å². The van der Waals surface area contributed by atoms with Crippen molar-refractivity contribution in [2.45, 2.75) is 39.6 Å². The maximum absolute atomic E-state index is 10.9. The Bertz CT molecular complexity index is 1180. The van der Waals surface area contributed by atoms with E-state index in [1.54, 1.807) is 31.3 Å². The molecule has 0 saturated carbocycles. The van der Waals surface area contributed by atoms with Gasteiger partial charge in [0.05, 0.1) is 22.3 Å². The van der Waals surface area contributed by atoms with E-state index in [1.807, 2.05) is 12.3 Å². The molecule has 3 heterocycles. The first-order chi connectivity index (χ1) is 15.7. The van der Waals surface area contributed by atoms with Gasteiger partial charge in [-0.2, -0.15) is 9.90 Å². The molecule has 1 amide bonds. The van der Waals surface area contributed by atoms with E-state index in [-0.39, 0.29) is 10.8 Å². The molecule has 4 rings (SSSR count). The van der Waals surface area contributed by atoms with Crippen LogP contribution in [0.3, 0.4) is 0 Å². The van der Waals surface area contributed by atoms with Crippen LogP contribution in [0.2, 0.25) is 0 Å². The first kappa shape index (κ1) is 22.8. The summed E-state index contributed by atoms with van der Waals surface area (Å²) in [6, 6.07) is 8.27. The summed E-state index contributed by atoms with van der Waals surface area (Å²) in [6.07, 6.45) is 5.96. The molecule has 0 spiro atoms. The van der Waals surface area contributed by atoms with Gasteiger partial charge in [0.1, 0.15) is 12.1 Å². The van der Waals surface area contributed by atoms with Gasteiger partial charge in [-0.05, 0) is 29.5 Å². The molecule has 172 valence electrons. The van der Waals surface area contributed by atoms with Gasteiger partial charge >= 0.3 is 0 Å². The number of aryl methyl sites for hydroxylation is 2. The van der Waals surface area contributed by atoms with Gasteiger partial charge < -0.3 is 15.5 Å². The molecule has 1 aliphatic heterocycles. The zero-order valence-corrected chi connectivity index (χ0v) is 20.2. The van der Waals surface area contributed by atoms with Crippen molar-refractivity contribution in [3.05, 3.63) is 59.1 Å². The van der Waals surface area contributed by atoms with Gasteiger partial charge in [-0.1, -0.05) is 44.7 Å². The molecule has 33 heavy (non-hydrogen) atoms. The summed E-state index contributed by atoms with van der Waals surface area (Å²) >= 11 is 1.69. The van der Waals surface area contributed by atoms with E-state index >= 15 is 0 Å². The quantitative estimate of drug-likeness (QED) is 0.510. The standard InChI is InChI=1S/C23H28N8OS/c1-15-8-16(18-9-19(25-13-24-18)28-20-10-27-30(5)29-20)6-7-17(15)11-31-12-21(26-14-32)33-22(31)23(2,3)4/h6-10,12-14,22H,11H2,1-5H3,(H,26,32)(H,24,25,28,29). The van der Waals surface area contributed by atoms with Crippen LogP contribution in [0.4, 0.5) is 11.6 Å². The summed E-state index contributed by atoms with van der Waals surface area (Å²) in [5, 5.41) is 15.3. The molecule has 1 aliphatic rings. The van der Waals surface area contributed by atoms with Crippen LogP contribution < -0.4 is 10.6 Å². The highest BCUT2D eigenvalue weighted by atomic mass is 32.2. The van der Waals surface area contributed by atoms with Crippen molar-refractivity contribution in [2.75, 3.05) is 5.32 Å². The van der Waals surface area contributed by atoms with Gasteiger partial charge in [0.2, 0.25) is 6.41 Å². The summed E-state index contributed by atoms with van der Waals surface area (Å²) in [5.74, 6) is 1.28. The summed E-state index contributed by atoms with van der Waals surface area (Å²) in [7, 11) is 1.76. The molecule has 0 radical (unpaired) electrons. The lowest BCUT2D eigenvalue weighted by Crippen LogP contribution is -2.35. The average molecular weight is 465 g/mol. The number of thioether (sulfide) groups is 1. The number of carbonyl (C=O) groups excluding carboxylic acids is 1. The molecule has 0 bridgehead atoms. The fourth-order valence-electron chi connectivity index (χ4n) is 3.72. The Morgan fingerprint density at radius 1 is 1.18 bits per heavy atom. The first-order valence-corrected chi connectivity index (χ1v) is 11.5. The minimum absolute atomic E-state index is 0.0504. The van der Waals surface area contributed by atoms with Crippen LogP contribution in [0.5, 0.6) is 0 Å². The molecular weight excluding hydrogens is 436 g/mol. The summed E-state index contributed by atoms with van der Waals surface area (Å²) < 4.78 is 0. The smallest absolute Gasteiger partial charge is 0.211 e. The molecular formula is C23H28N8OS. The largest absolute Gasteiger partial charge is 0.358 e. The maximum atomic E-state index is 10.9. The Hall–Kier alpha value is -3.40. The molecule has 0 fully saturated rings. The number of amides is 1. The Morgan fingerprint density at radius 3 is 2.67 bits per heavy atom. The zero-order valence-electron chi connectivity index (χ0n) is 19.4. The number of nitrogens with zero attached hydrogens (tertiary/aromatic N) is 6. The van der Waals surface area contributed by atoms with Crippen LogP contribution in [0, 0.1) is 12.3 Å². The minimum atomic E-state index is 0.0504. The minimum Gasteiger partial charge on any atom is -0.358 e. The second-order valence-corrected chi connectivity index (χ2v) is 10.2. The molecule has 3 aromatic rings. The summed E-state index contributed by atoms with van der Waals surface area (Å²) in [4.78, 5) is 23.5. The van der Waals surface area contributed by atoms with Gasteiger partial charge in [-0.15, -0.1) is 5.10 Å². The van der Waals surface area contributed by atoms with Gasteiger partial charge in [0, 0.05) is 31.4 Å². The summed E-state index contributed by atoms with van der Waals surface area (Å²) in [6.45, 7) is 9.52. The van der Waals surface area contributed by atoms with Crippen LogP contribution in [0.15, 0.2) is 48.0 Å². The Kier molecular flexibility index (Phi) is 6.37. The predicted molar refractivity (Wildman–Crippen MR) is 130 cm³/mol. The number of hydrogen-bond donors (Lipinski definition) is 2. The second kappa shape index (κ2) is 9.22. The molecule has 1 aromatic carbocycles. The van der Waals surface area contributed by atoms with Gasteiger partial charge in [-0.25, -0.2) is 9.97 Å². The van der Waals surface area contributed by atoms with Crippen LogP contribution in [-0.4, -0.2) is 41.6 Å². The van der Waals surface area contributed by atoms with Gasteiger partial charge in [0.25, 0.3) is 0 Å². The van der Waals surface area contributed by atoms with E-state index in [1.165, 1.54) is 15.9 Å². The van der Waals surface area contributed by atoms with Crippen molar-refractivity contribution in [3.8, 4) is 11.3 Å². The predicted octanol–water partition coefficient (Wildman–Crippen LogP) is 3.79. The van der Waals surface area contributed by atoms with E-state index in [0.717, 1.165) is 29.2 Å². The van der Waals surface area contributed by atoms with Gasteiger partial charge in [0.15, 0.2) is 5.82 Å². The van der Waals surface area contributed by atoms with Crippen molar-refractivity contribution in [1.82, 2.24) is 35.2 Å². The molecule has 1 atom stereocenters. The maximum Gasteiger partial charge on any atom is 0.211 e. The van der Waals surface area contributed by atoms with Crippen molar-refractivity contribution >= 4 is 29.8 Å². The number of hydrogen-bond acceptors (Lipinski definition) is 8. The third-order valence-corrected chi connectivity index (χ3v) is 6.96. The normalized spacial score (nSPS) is 16.0. The summed E-state index contributed by atoms with van der Waals surface area (Å²) in [5.41, 5.74) is 4.30. The van der Waals surface area contributed by atoms with E-state index in [4.69, 9.17) is 0 Å². The highest BCUT2D eigenvalue weighted by Crippen LogP contribution is 2.42. The number of carbonyl (C=O) groups is 1. The van der Waals surface area contributed by atoms with Crippen molar-refractivity contribution < 1.29 is 4.79 Å². The topological polar surface area (TPSA) is 101 Å². The van der Waals surface area contributed by atoms with Crippen molar-refractivity contribution in [1.29, 1.82) is 0 Å². The van der Waals surface area contributed by atoms with E-state index in [9.17, 15) is 4.79 Å². The lowest BCUT2D eigenvalue weighted by Gasteiger charge is -2.35. The van der Waals surface area contributed by atoms with Crippen molar-refractivity contribution in [3.63, 3.8) is 0 Å². The Balaban J connectivity index is 1.53. The first-order valence-electron chi connectivity index (χ1n) is 10.6. The van der Waals surface area contributed by atoms with Crippen LogP contribution in [0.25, 0.3) is 11.3 Å². The van der Waals surface area contributed by atoms with E-state index in [0.29, 0.717) is 11.6 Å². The zero-order chi connectivity index (χ0) is 23.6. The highest BCUT2D eigenvalue weighted by molar-refractivity contribution is 8.03. The van der Waals surface area contributed by atoms with Crippen LogP contribution >= 0.6 is 11.8 Å². The number of nitrogens with one attached hydrogen (secondary N) is 2. The highest BCUT2D eigenvalue weighted by Gasteiger charge is 2.35. The number of aromatic nitrogens is 5. The third-order valence-electron chi connectivity index (χ3n) is 5.28. The number of benzene rings is 1. The number of rotatable bonds is 7. The Morgan fingerprint density at radius 2 is 2.00 bits per heavy atom. The lowest BCUT2D eigenvalue weighted by atomic mass is 9.95. The van der Waals surface area contributed by atoms with Crippen LogP contribution in [-0.2, 0) is 18.4 Å². The van der Waals surface area contributed by atoms with E-state index in [2.05, 4.69) is 81.6 Å². The number of anilines is 2. The molecule has 0 aliphatic carbocycles. The lowest BCUT2D eigenvalue weighted by molar-refractivity contribution is -0.108. The van der Waals surface area contributed by atoms with E-state index < -0.39 is 0 Å². The van der Waals surface area contributed by atoms with Crippen LogP contribution in [0.1, 0.15) is 31.9 Å². The molecule has 1 unspecified atom stereocenters. The molecule has 10 heteroatoms. The molecule has 2 N–H and O–H groups in total. The fourth-order valence-corrected chi connectivity index (χ4v) is 4.89. The second-order valence-electron chi connectivity index (χ2n) is 9.04. The Labute approximate surface area is 197 Å². The SMILES string of the molecule is Cc1cc(-c2cc(Nc3cnn(C)n3)ncn2)ccc1CN1C=C(NC=O)SC1C(C)(C)C. The van der Waals surface area contributed by atoms with Gasteiger partial charge in [-0.3, -0.25) is 4.79 Å². The molecule has 0 saturated heterocycles. The molecule has 9 nitrogen and oxygen atoms in total. The molecule has 2 aromatic heterocycles.